The predicted molar refractivity (Wildman–Crippen MR) is 114 cm³/mol. The van der Waals surface area contributed by atoms with Crippen LogP contribution in [-0.4, -0.2) is 38.3 Å². The van der Waals surface area contributed by atoms with E-state index >= 15 is 0 Å². The Morgan fingerprint density at radius 3 is 1.91 bits per heavy atom. The highest BCUT2D eigenvalue weighted by atomic mass is 19.4. The Hall–Kier alpha value is -3.43. The largest absolute Gasteiger partial charge is 0.490 e. The van der Waals surface area contributed by atoms with Crippen molar-refractivity contribution < 1.29 is 41.7 Å². The van der Waals surface area contributed by atoms with Gasteiger partial charge < -0.3 is 24.3 Å². The molecule has 180 valence electrons. The second-order valence-corrected chi connectivity index (χ2v) is 6.65. The summed E-state index contributed by atoms with van der Waals surface area (Å²) >= 11 is 0. The molecular formula is C23H26F3NO6. The highest BCUT2D eigenvalue weighted by Gasteiger charge is 2.29. The molecule has 0 atom stereocenters. The zero-order chi connectivity index (χ0) is 24.4. The molecule has 1 amide bonds. The van der Waals surface area contributed by atoms with Crippen LogP contribution in [0.5, 0.6) is 17.2 Å². The zero-order valence-electron chi connectivity index (χ0n) is 18.6. The lowest BCUT2D eigenvalue weighted by Gasteiger charge is -2.16. The first-order valence-electron chi connectivity index (χ1n) is 10.4. The van der Waals surface area contributed by atoms with Gasteiger partial charge in [-0.1, -0.05) is 12.1 Å². The summed E-state index contributed by atoms with van der Waals surface area (Å²) in [6.45, 7) is 5.80. The molecule has 0 saturated carbocycles. The van der Waals surface area contributed by atoms with Crippen LogP contribution in [0.25, 0.3) is 0 Å². The first kappa shape index (κ1) is 25.8. The predicted octanol–water partition coefficient (Wildman–Crippen LogP) is 4.37. The van der Waals surface area contributed by atoms with Gasteiger partial charge in [0.15, 0.2) is 18.1 Å². The standard InChI is InChI=1S/C23H26F3NO6/c1-4-30-18-11-16(12-19(31-5-2)21(18)32-6-3)22(29)33-14-20(28)27-13-15-7-9-17(10-8-15)23(24,25)26/h7-12H,4-6,13-14H2,1-3H3,(H,27,28). The van der Waals surface area contributed by atoms with E-state index in [1.54, 1.807) is 20.8 Å². The van der Waals surface area contributed by atoms with Gasteiger partial charge in [0.1, 0.15) is 0 Å². The summed E-state index contributed by atoms with van der Waals surface area (Å²) in [5.74, 6) is -0.395. The van der Waals surface area contributed by atoms with E-state index in [1.807, 2.05) is 0 Å². The number of hydrogen-bond acceptors (Lipinski definition) is 6. The fourth-order valence-corrected chi connectivity index (χ4v) is 2.78. The fraction of sp³-hybridized carbons (Fsp3) is 0.391. The minimum Gasteiger partial charge on any atom is -0.490 e. The molecule has 7 nitrogen and oxygen atoms in total. The minimum atomic E-state index is -4.43. The molecule has 0 fully saturated rings. The van der Waals surface area contributed by atoms with E-state index < -0.39 is 30.2 Å². The molecule has 2 rings (SSSR count). The lowest BCUT2D eigenvalue weighted by atomic mass is 10.1. The Kier molecular flexibility index (Phi) is 9.38. The molecule has 0 unspecified atom stereocenters. The SMILES string of the molecule is CCOc1cc(C(=O)OCC(=O)NCc2ccc(C(F)(F)F)cc2)cc(OCC)c1OCC. The Morgan fingerprint density at radius 2 is 1.42 bits per heavy atom. The molecule has 1 N–H and O–H groups in total. The third kappa shape index (κ3) is 7.58. The van der Waals surface area contributed by atoms with Gasteiger partial charge in [0.2, 0.25) is 5.75 Å². The summed E-state index contributed by atoms with van der Waals surface area (Å²) in [5.41, 5.74) is -0.197. The van der Waals surface area contributed by atoms with E-state index in [9.17, 15) is 22.8 Å². The number of nitrogens with one attached hydrogen (secondary N) is 1. The number of carbonyl (C=O) groups is 2. The molecule has 2 aromatic rings. The van der Waals surface area contributed by atoms with Gasteiger partial charge in [-0.2, -0.15) is 13.2 Å². The molecule has 0 bridgehead atoms. The number of amides is 1. The van der Waals surface area contributed by atoms with Crippen molar-refractivity contribution in [3.8, 4) is 17.2 Å². The molecule has 0 aliphatic carbocycles. The van der Waals surface area contributed by atoms with Crippen molar-refractivity contribution in [3.63, 3.8) is 0 Å². The normalized spacial score (nSPS) is 11.0. The number of alkyl halides is 3. The summed E-state index contributed by atoms with van der Waals surface area (Å²) in [4.78, 5) is 24.5. The van der Waals surface area contributed by atoms with Crippen LogP contribution >= 0.6 is 0 Å². The van der Waals surface area contributed by atoms with Crippen molar-refractivity contribution in [1.29, 1.82) is 0 Å². The summed E-state index contributed by atoms with van der Waals surface area (Å²) in [6, 6.07) is 7.27. The van der Waals surface area contributed by atoms with Crippen molar-refractivity contribution in [2.24, 2.45) is 0 Å². The smallest absolute Gasteiger partial charge is 0.416 e. The van der Waals surface area contributed by atoms with Crippen LogP contribution in [0.4, 0.5) is 13.2 Å². The fourth-order valence-electron chi connectivity index (χ4n) is 2.78. The second-order valence-electron chi connectivity index (χ2n) is 6.65. The average molecular weight is 469 g/mol. The zero-order valence-corrected chi connectivity index (χ0v) is 18.6. The molecule has 2 aromatic carbocycles. The van der Waals surface area contributed by atoms with E-state index in [1.165, 1.54) is 24.3 Å². The van der Waals surface area contributed by atoms with Gasteiger partial charge in [-0.15, -0.1) is 0 Å². The first-order valence-corrected chi connectivity index (χ1v) is 10.4. The van der Waals surface area contributed by atoms with Crippen molar-refractivity contribution in [2.75, 3.05) is 26.4 Å². The number of carbonyl (C=O) groups excluding carboxylic acids is 2. The minimum absolute atomic E-state index is 0.0133. The maximum absolute atomic E-state index is 12.6. The molecule has 0 saturated heterocycles. The summed E-state index contributed by atoms with van der Waals surface area (Å²) in [7, 11) is 0. The van der Waals surface area contributed by atoms with Gasteiger partial charge in [-0.3, -0.25) is 4.79 Å². The molecule has 10 heteroatoms. The monoisotopic (exact) mass is 469 g/mol. The summed E-state index contributed by atoms with van der Waals surface area (Å²) in [5, 5.41) is 2.49. The average Bonchev–Trinajstić information content (AvgIpc) is 2.78. The van der Waals surface area contributed by atoms with Crippen LogP contribution in [0.15, 0.2) is 36.4 Å². The lowest BCUT2D eigenvalue weighted by molar-refractivity contribution is -0.137. The van der Waals surface area contributed by atoms with Crippen LogP contribution in [0.1, 0.15) is 42.3 Å². The summed E-state index contributed by atoms with van der Waals surface area (Å²) < 4.78 is 59.5. The van der Waals surface area contributed by atoms with Crippen molar-refractivity contribution in [1.82, 2.24) is 5.32 Å². The number of halogens is 3. The van der Waals surface area contributed by atoms with Gasteiger partial charge in [0.05, 0.1) is 30.9 Å². The Morgan fingerprint density at radius 1 is 0.879 bits per heavy atom. The third-order valence-electron chi connectivity index (χ3n) is 4.25. The van der Waals surface area contributed by atoms with E-state index in [2.05, 4.69) is 5.32 Å². The quantitative estimate of drug-likeness (QED) is 0.492. The topological polar surface area (TPSA) is 83.1 Å². The van der Waals surface area contributed by atoms with Gasteiger partial charge in [0, 0.05) is 6.54 Å². The number of esters is 1. The molecule has 0 spiro atoms. The molecule has 0 aromatic heterocycles. The Bertz CT molecular complexity index is 917. The van der Waals surface area contributed by atoms with Crippen LogP contribution < -0.4 is 19.5 Å². The van der Waals surface area contributed by atoms with Crippen molar-refractivity contribution >= 4 is 11.9 Å². The molecule has 0 radical (unpaired) electrons. The molecular weight excluding hydrogens is 443 g/mol. The first-order chi connectivity index (χ1) is 15.7. The second kappa shape index (κ2) is 12.0. The maximum Gasteiger partial charge on any atom is 0.416 e. The van der Waals surface area contributed by atoms with Gasteiger partial charge >= 0.3 is 12.1 Å². The van der Waals surface area contributed by atoms with E-state index in [4.69, 9.17) is 18.9 Å². The highest BCUT2D eigenvalue weighted by molar-refractivity contribution is 5.92. The van der Waals surface area contributed by atoms with Crippen molar-refractivity contribution in [2.45, 2.75) is 33.5 Å². The van der Waals surface area contributed by atoms with E-state index in [0.717, 1.165) is 12.1 Å². The van der Waals surface area contributed by atoms with Crippen LogP contribution in [0, 0.1) is 0 Å². The van der Waals surface area contributed by atoms with Gasteiger partial charge in [-0.25, -0.2) is 4.79 Å². The van der Waals surface area contributed by atoms with Gasteiger partial charge in [0.25, 0.3) is 5.91 Å². The number of ether oxygens (including phenoxy) is 4. The molecule has 0 aliphatic heterocycles. The number of rotatable bonds is 11. The lowest BCUT2D eigenvalue weighted by Crippen LogP contribution is -2.28. The van der Waals surface area contributed by atoms with Crippen LogP contribution in [-0.2, 0) is 22.3 Å². The van der Waals surface area contributed by atoms with Crippen LogP contribution in [0.3, 0.4) is 0 Å². The van der Waals surface area contributed by atoms with E-state index in [-0.39, 0.29) is 12.1 Å². The maximum atomic E-state index is 12.6. The molecule has 33 heavy (non-hydrogen) atoms. The molecule has 0 heterocycles. The Balaban J connectivity index is 1.99. The molecule has 0 aliphatic rings. The highest BCUT2D eigenvalue weighted by Crippen LogP contribution is 2.39. The van der Waals surface area contributed by atoms with Crippen LogP contribution in [0.2, 0.25) is 0 Å². The van der Waals surface area contributed by atoms with E-state index in [0.29, 0.717) is 42.6 Å². The third-order valence-corrected chi connectivity index (χ3v) is 4.25. The van der Waals surface area contributed by atoms with Gasteiger partial charge in [-0.05, 0) is 50.6 Å². The number of benzene rings is 2. The number of hydrogen-bond donors (Lipinski definition) is 1. The van der Waals surface area contributed by atoms with Crippen molar-refractivity contribution in [3.05, 3.63) is 53.1 Å². The summed E-state index contributed by atoms with van der Waals surface area (Å²) in [6.07, 6.45) is -4.43. The Labute approximate surface area is 189 Å².